The van der Waals surface area contributed by atoms with Crippen LogP contribution in [0.4, 0.5) is 0 Å². The summed E-state index contributed by atoms with van der Waals surface area (Å²) < 4.78 is 0. The second-order valence-electron chi connectivity index (χ2n) is 5.96. The van der Waals surface area contributed by atoms with E-state index < -0.39 is 0 Å². The van der Waals surface area contributed by atoms with Crippen LogP contribution in [0.25, 0.3) is 0 Å². The van der Waals surface area contributed by atoms with E-state index in [-0.39, 0.29) is 0 Å². The monoisotopic (exact) mass is 244 g/mol. The third kappa shape index (κ3) is 2.93. The fraction of sp³-hybridized carbons (Fsp3) is 0.625. The van der Waals surface area contributed by atoms with Gasteiger partial charge in [0, 0.05) is 25.2 Å². The lowest BCUT2D eigenvalue weighted by atomic mass is 10.0. The highest BCUT2D eigenvalue weighted by atomic mass is 15.2. The maximum atomic E-state index is 3.62. The Bertz CT molecular complexity index is 372. The van der Waals surface area contributed by atoms with Crippen molar-refractivity contribution in [1.29, 1.82) is 0 Å². The zero-order chi connectivity index (χ0) is 12.4. The molecule has 98 valence electrons. The van der Waals surface area contributed by atoms with Crippen LogP contribution in [0.5, 0.6) is 0 Å². The number of hydrogen-bond acceptors (Lipinski definition) is 2. The molecule has 2 fully saturated rings. The first-order valence-electron chi connectivity index (χ1n) is 7.35. The van der Waals surface area contributed by atoms with Crippen LogP contribution >= 0.6 is 0 Å². The van der Waals surface area contributed by atoms with Crippen LogP contribution in [0.1, 0.15) is 37.8 Å². The van der Waals surface area contributed by atoms with Crippen LogP contribution in [0.3, 0.4) is 0 Å². The maximum Gasteiger partial charge on any atom is 0.0473 e. The van der Waals surface area contributed by atoms with Gasteiger partial charge in [-0.1, -0.05) is 43.2 Å². The SMILES string of the molecule is CC1CN(CCC2CC2)C(c2ccccc2)CN1. The molecule has 18 heavy (non-hydrogen) atoms. The van der Waals surface area contributed by atoms with Gasteiger partial charge in [0.2, 0.25) is 0 Å². The highest BCUT2D eigenvalue weighted by Crippen LogP contribution is 2.34. The average Bonchev–Trinajstić information content (AvgIpc) is 3.21. The smallest absolute Gasteiger partial charge is 0.0473 e. The fourth-order valence-corrected chi connectivity index (χ4v) is 2.99. The molecule has 1 saturated carbocycles. The van der Waals surface area contributed by atoms with E-state index in [2.05, 4.69) is 47.5 Å². The van der Waals surface area contributed by atoms with Gasteiger partial charge in [-0.25, -0.2) is 0 Å². The second-order valence-corrected chi connectivity index (χ2v) is 5.96. The minimum Gasteiger partial charge on any atom is -0.311 e. The van der Waals surface area contributed by atoms with E-state index in [0.717, 1.165) is 12.5 Å². The van der Waals surface area contributed by atoms with E-state index in [0.29, 0.717) is 12.1 Å². The van der Waals surface area contributed by atoms with Crippen molar-refractivity contribution in [2.45, 2.75) is 38.3 Å². The van der Waals surface area contributed by atoms with Crippen molar-refractivity contribution in [3.8, 4) is 0 Å². The summed E-state index contributed by atoms with van der Waals surface area (Å²) in [4.78, 5) is 2.69. The molecule has 1 aliphatic carbocycles. The Hall–Kier alpha value is -0.860. The highest BCUT2D eigenvalue weighted by Gasteiger charge is 2.29. The largest absolute Gasteiger partial charge is 0.311 e. The predicted molar refractivity (Wildman–Crippen MR) is 75.6 cm³/mol. The molecule has 0 radical (unpaired) electrons. The van der Waals surface area contributed by atoms with Gasteiger partial charge in [0.1, 0.15) is 0 Å². The molecule has 0 aromatic heterocycles. The Labute approximate surface area is 110 Å². The molecule has 2 aliphatic rings. The van der Waals surface area contributed by atoms with Crippen LogP contribution in [0.15, 0.2) is 30.3 Å². The number of piperazine rings is 1. The number of nitrogens with one attached hydrogen (secondary N) is 1. The predicted octanol–water partition coefficient (Wildman–Crippen LogP) is 2.82. The molecule has 2 atom stereocenters. The minimum atomic E-state index is 0.571. The quantitative estimate of drug-likeness (QED) is 0.876. The molecular weight excluding hydrogens is 220 g/mol. The standard InChI is InChI=1S/C16H24N2/c1-13-12-18(10-9-14-7-8-14)16(11-17-13)15-5-3-2-4-6-15/h2-6,13-14,16-17H,7-12H2,1H3. The molecule has 0 spiro atoms. The number of hydrogen-bond donors (Lipinski definition) is 1. The van der Waals surface area contributed by atoms with Crippen LogP contribution < -0.4 is 5.32 Å². The second kappa shape index (κ2) is 5.41. The van der Waals surface area contributed by atoms with Crippen molar-refractivity contribution in [3.05, 3.63) is 35.9 Å². The van der Waals surface area contributed by atoms with Crippen molar-refractivity contribution in [2.24, 2.45) is 5.92 Å². The van der Waals surface area contributed by atoms with Gasteiger partial charge in [-0.3, -0.25) is 4.90 Å². The van der Waals surface area contributed by atoms with Gasteiger partial charge in [-0.05, 0) is 31.4 Å². The zero-order valence-electron chi connectivity index (χ0n) is 11.3. The zero-order valence-corrected chi connectivity index (χ0v) is 11.3. The lowest BCUT2D eigenvalue weighted by Gasteiger charge is -2.39. The van der Waals surface area contributed by atoms with E-state index in [1.807, 2.05) is 0 Å². The van der Waals surface area contributed by atoms with Crippen LogP contribution in [0.2, 0.25) is 0 Å². The van der Waals surface area contributed by atoms with Gasteiger partial charge in [-0.15, -0.1) is 0 Å². The fourth-order valence-electron chi connectivity index (χ4n) is 2.99. The molecule has 1 aromatic rings. The molecular formula is C16H24N2. The maximum absolute atomic E-state index is 3.62. The molecule has 1 aromatic carbocycles. The summed E-state index contributed by atoms with van der Waals surface area (Å²) in [5, 5.41) is 3.62. The lowest BCUT2D eigenvalue weighted by Crippen LogP contribution is -2.51. The molecule has 3 rings (SSSR count). The van der Waals surface area contributed by atoms with Gasteiger partial charge in [0.15, 0.2) is 0 Å². The molecule has 0 amide bonds. The highest BCUT2D eigenvalue weighted by molar-refractivity contribution is 5.20. The summed E-state index contributed by atoms with van der Waals surface area (Å²) in [6.07, 6.45) is 4.34. The normalized spacial score (nSPS) is 29.4. The van der Waals surface area contributed by atoms with Crippen molar-refractivity contribution < 1.29 is 0 Å². The summed E-state index contributed by atoms with van der Waals surface area (Å²) >= 11 is 0. The summed E-state index contributed by atoms with van der Waals surface area (Å²) in [5.41, 5.74) is 1.47. The van der Waals surface area contributed by atoms with E-state index in [1.54, 1.807) is 0 Å². The van der Waals surface area contributed by atoms with Crippen molar-refractivity contribution in [2.75, 3.05) is 19.6 Å². The molecule has 1 aliphatic heterocycles. The molecule has 1 heterocycles. The molecule has 2 unspecified atom stereocenters. The third-order valence-corrected chi connectivity index (χ3v) is 4.31. The summed E-state index contributed by atoms with van der Waals surface area (Å²) in [6.45, 7) is 5.85. The first-order valence-corrected chi connectivity index (χ1v) is 7.35. The first kappa shape index (κ1) is 12.2. The summed E-state index contributed by atoms with van der Waals surface area (Å²) in [6, 6.07) is 12.2. The number of benzene rings is 1. The Morgan fingerprint density at radius 3 is 2.72 bits per heavy atom. The van der Waals surface area contributed by atoms with E-state index in [1.165, 1.54) is 37.9 Å². The Balaban J connectivity index is 1.68. The number of rotatable bonds is 4. The molecule has 1 saturated heterocycles. The van der Waals surface area contributed by atoms with Gasteiger partial charge in [0.05, 0.1) is 0 Å². The topological polar surface area (TPSA) is 15.3 Å². The van der Waals surface area contributed by atoms with E-state index in [9.17, 15) is 0 Å². The summed E-state index contributed by atoms with van der Waals surface area (Å²) in [7, 11) is 0. The van der Waals surface area contributed by atoms with Crippen LogP contribution in [0, 0.1) is 5.92 Å². The van der Waals surface area contributed by atoms with Crippen LogP contribution in [-0.2, 0) is 0 Å². The Kier molecular flexibility index (Phi) is 3.67. The van der Waals surface area contributed by atoms with Crippen molar-refractivity contribution in [1.82, 2.24) is 10.2 Å². The third-order valence-electron chi connectivity index (χ3n) is 4.31. The van der Waals surface area contributed by atoms with E-state index >= 15 is 0 Å². The number of nitrogens with zero attached hydrogens (tertiary/aromatic N) is 1. The Morgan fingerprint density at radius 1 is 1.22 bits per heavy atom. The van der Waals surface area contributed by atoms with Gasteiger partial charge < -0.3 is 5.32 Å². The first-order chi connectivity index (χ1) is 8.83. The molecule has 2 nitrogen and oxygen atoms in total. The van der Waals surface area contributed by atoms with Crippen LogP contribution in [-0.4, -0.2) is 30.6 Å². The molecule has 1 N–H and O–H groups in total. The van der Waals surface area contributed by atoms with Gasteiger partial charge >= 0.3 is 0 Å². The van der Waals surface area contributed by atoms with Gasteiger partial charge in [-0.2, -0.15) is 0 Å². The minimum absolute atomic E-state index is 0.571. The van der Waals surface area contributed by atoms with Crippen molar-refractivity contribution in [3.63, 3.8) is 0 Å². The summed E-state index contributed by atoms with van der Waals surface area (Å²) in [5.74, 6) is 1.03. The van der Waals surface area contributed by atoms with Gasteiger partial charge in [0.25, 0.3) is 0 Å². The van der Waals surface area contributed by atoms with Crippen molar-refractivity contribution >= 4 is 0 Å². The Morgan fingerprint density at radius 2 is 2.00 bits per heavy atom. The lowest BCUT2D eigenvalue weighted by molar-refractivity contribution is 0.132. The average molecular weight is 244 g/mol. The molecule has 2 heteroatoms. The van der Waals surface area contributed by atoms with E-state index in [4.69, 9.17) is 0 Å². The molecule has 0 bridgehead atoms.